The Labute approximate surface area is 99.6 Å². The number of rotatable bonds is 4. The molecule has 0 saturated carbocycles. The highest BCUT2D eigenvalue weighted by Crippen LogP contribution is 2.12. The Morgan fingerprint density at radius 2 is 1.94 bits per heavy atom. The lowest BCUT2D eigenvalue weighted by molar-refractivity contribution is 0.0593. The number of hydrogen-bond acceptors (Lipinski definition) is 4. The fraction of sp³-hybridized carbons (Fsp3) is 0.154. The highest BCUT2D eigenvalue weighted by molar-refractivity contribution is 6.10. The van der Waals surface area contributed by atoms with Crippen molar-refractivity contribution in [1.82, 2.24) is 4.98 Å². The summed E-state index contributed by atoms with van der Waals surface area (Å²) in [6.07, 6.45) is 1.32. The summed E-state index contributed by atoms with van der Waals surface area (Å²) in [5.74, 6) is -0.788. The van der Waals surface area contributed by atoms with Crippen LogP contribution in [0.2, 0.25) is 0 Å². The predicted octanol–water partition coefficient (Wildman–Crippen LogP) is 2.18. The Balaban J connectivity index is 2.95. The van der Waals surface area contributed by atoms with Crippen molar-refractivity contribution < 1.29 is 14.3 Å². The van der Waals surface area contributed by atoms with E-state index < -0.39 is 5.97 Å². The number of allylic oxidation sites excluding steroid dienone is 2. The molecule has 0 N–H and O–H groups in total. The Morgan fingerprint density at radius 1 is 1.29 bits per heavy atom. The summed E-state index contributed by atoms with van der Waals surface area (Å²) in [5.41, 5.74) is 1.46. The molecule has 1 aromatic heterocycles. The highest BCUT2D eigenvalue weighted by Gasteiger charge is 2.13. The molecule has 1 aromatic rings. The van der Waals surface area contributed by atoms with Gasteiger partial charge < -0.3 is 4.74 Å². The van der Waals surface area contributed by atoms with Gasteiger partial charge in [-0.15, -0.1) is 0 Å². The maximum absolute atomic E-state index is 11.8. The normalized spacial score (nSPS) is 9.53. The molecule has 4 heteroatoms. The largest absolute Gasteiger partial charge is 0.464 e. The van der Waals surface area contributed by atoms with Gasteiger partial charge in [0.25, 0.3) is 0 Å². The highest BCUT2D eigenvalue weighted by atomic mass is 16.5. The van der Waals surface area contributed by atoms with Crippen molar-refractivity contribution in [1.29, 1.82) is 0 Å². The van der Waals surface area contributed by atoms with Crippen LogP contribution < -0.4 is 0 Å². The maximum atomic E-state index is 11.8. The van der Waals surface area contributed by atoms with Gasteiger partial charge in [0.2, 0.25) is 0 Å². The molecule has 0 bridgehead atoms. The van der Waals surface area contributed by atoms with Crippen LogP contribution >= 0.6 is 0 Å². The van der Waals surface area contributed by atoms with E-state index in [-0.39, 0.29) is 11.5 Å². The topological polar surface area (TPSA) is 56.3 Å². The van der Waals surface area contributed by atoms with E-state index in [9.17, 15) is 9.59 Å². The molecule has 0 spiro atoms. The quantitative estimate of drug-likeness (QED) is 0.345. The van der Waals surface area contributed by atoms with Crippen molar-refractivity contribution >= 4 is 11.8 Å². The first-order valence-electron chi connectivity index (χ1n) is 4.91. The number of carbonyl (C=O) groups excluding carboxylic acids is 2. The van der Waals surface area contributed by atoms with Crippen molar-refractivity contribution in [2.45, 2.75) is 6.92 Å². The van der Waals surface area contributed by atoms with Crippen molar-refractivity contribution in [3.05, 3.63) is 53.9 Å². The van der Waals surface area contributed by atoms with Crippen molar-refractivity contribution in [2.75, 3.05) is 7.11 Å². The standard InChI is InChI=1S/C13H13NO3/c1-8(2)9(3)12(15)10-5-6-11(14-7-10)13(16)17-4/h5-7H,1,3H2,2,4H3. The zero-order chi connectivity index (χ0) is 13.0. The minimum atomic E-state index is -0.539. The second-order valence-electron chi connectivity index (χ2n) is 3.51. The van der Waals surface area contributed by atoms with Crippen LogP contribution in [0.4, 0.5) is 0 Å². The molecule has 0 aliphatic heterocycles. The van der Waals surface area contributed by atoms with E-state index in [2.05, 4.69) is 22.9 Å². The van der Waals surface area contributed by atoms with Gasteiger partial charge in [0, 0.05) is 17.3 Å². The van der Waals surface area contributed by atoms with Crippen LogP contribution in [0.25, 0.3) is 0 Å². The molecule has 0 unspecified atom stereocenters. The lowest BCUT2D eigenvalue weighted by Gasteiger charge is -2.04. The molecule has 0 aliphatic carbocycles. The Kier molecular flexibility index (Phi) is 3.93. The van der Waals surface area contributed by atoms with Crippen LogP contribution in [0.1, 0.15) is 27.8 Å². The van der Waals surface area contributed by atoms with Crippen LogP contribution in [0.5, 0.6) is 0 Å². The first-order valence-corrected chi connectivity index (χ1v) is 4.91. The maximum Gasteiger partial charge on any atom is 0.356 e. The van der Waals surface area contributed by atoms with Crippen LogP contribution in [0, 0.1) is 0 Å². The number of hydrogen-bond donors (Lipinski definition) is 0. The fourth-order valence-electron chi connectivity index (χ4n) is 1.12. The van der Waals surface area contributed by atoms with E-state index in [0.717, 1.165) is 0 Å². The molecule has 17 heavy (non-hydrogen) atoms. The molecule has 4 nitrogen and oxygen atoms in total. The molecule has 1 heterocycles. The molecule has 0 radical (unpaired) electrons. The van der Waals surface area contributed by atoms with Crippen molar-refractivity contribution in [3.63, 3.8) is 0 Å². The minimum Gasteiger partial charge on any atom is -0.464 e. The smallest absolute Gasteiger partial charge is 0.356 e. The summed E-state index contributed by atoms with van der Waals surface area (Å²) in [7, 11) is 1.27. The molecule has 0 saturated heterocycles. The zero-order valence-corrected chi connectivity index (χ0v) is 9.82. The summed E-state index contributed by atoms with van der Waals surface area (Å²) >= 11 is 0. The third-order valence-corrected chi connectivity index (χ3v) is 2.21. The lowest BCUT2D eigenvalue weighted by Crippen LogP contribution is -2.07. The van der Waals surface area contributed by atoms with E-state index in [1.54, 1.807) is 6.92 Å². The molecule has 88 valence electrons. The van der Waals surface area contributed by atoms with Crippen molar-refractivity contribution in [3.8, 4) is 0 Å². The van der Waals surface area contributed by atoms with Crippen LogP contribution in [-0.2, 0) is 4.74 Å². The zero-order valence-electron chi connectivity index (χ0n) is 9.82. The number of ether oxygens (including phenoxy) is 1. The van der Waals surface area contributed by atoms with Crippen LogP contribution in [0.3, 0.4) is 0 Å². The number of nitrogens with zero attached hydrogens (tertiary/aromatic N) is 1. The molecule has 0 aliphatic rings. The van der Waals surface area contributed by atoms with Gasteiger partial charge in [-0.05, 0) is 24.6 Å². The molecule has 1 rings (SSSR count). The number of aromatic nitrogens is 1. The van der Waals surface area contributed by atoms with E-state index in [4.69, 9.17) is 0 Å². The second kappa shape index (κ2) is 5.21. The first kappa shape index (κ1) is 12.8. The molecule has 0 amide bonds. The van der Waals surface area contributed by atoms with Crippen LogP contribution in [0.15, 0.2) is 42.6 Å². The van der Waals surface area contributed by atoms with E-state index >= 15 is 0 Å². The van der Waals surface area contributed by atoms with E-state index in [1.165, 1.54) is 25.4 Å². The fourth-order valence-corrected chi connectivity index (χ4v) is 1.12. The van der Waals surface area contributed by atoms with E-state index in [1.807, 2.05) is 0 Å². The van der Waals surface area contributed by atoms with Gasteiger partial charge in [-0.25, -0.2) is 9.78 Å². The summed E-state index contributed by atoms with van der Waals surface area (Å²) in [6.45, 7) is 8.99. The number of carbonyl (C=O) groups is 2. The number of Topliss-reactive ketones (excluding diaryl/α,β-unsaturated/α-hetero) is 1. The average Bonchev–Trinajstić information content (AvgIpc) is 2.36. The Bertz CT molecular complexity index is 486. The number of ketones is 1. The summed E-state index contributed by atoms with van der Waals surface area (Å²) in [6, 6.07) is 2.94. The van der Waals surface area contributed by atoms with Crippen molar-refractivity contribution in [2.24, 2.45) is 0 Å². The second-order valence-corrected chi connectivity index (χ2v) is 3.51. The van der Waals surface area contributed by atoms with Gasteiger partial charge in [-0.2, -0.15) is 0 Å². The summed E-state index contributed by atoms with van der Waals surface area (Å²) in [5, 5.41) is 0. The molecule has 0 fully saturated rings. The third-order valence-electron chi connectivity index (χ3n) is 2.21. The third kappa shape index (κ3) is 2.87. The van der Waals surface area contributed by atoms with Gasteiger partial charge in [-0.1, -0.05) is 13.2 Å². The van der Waals surface area contributed by atoms with Gasteiger partial charge >= 0.3 is 5.97 Å². The lowest BCUT2D eigenvalue weighted by atomic mass is 10.0. The summed E-state index contributed by atoms with van der Waals surface area (Å²) < 4.78 is 4.50. The predicted molar refractivity (Wildman–Crippen MR) is 63.9 cm³/mol. The number of esters is 1. The van der Waals surface area contributed by atoms with Gasteiger partial charge in [0.1, 0.15) is 5.69 Å². The van der Waals surface area contributed by atoms with Gasteiger partial charge in [0.05, 0.1) is 7.11 Å². The van der Waals surface area contributed by atoms with E-state index in [0.29, 0.717) is 16.7 Å². The Hall–Kier alpha value is -2.23. The van der Waals surface area contributed by atoms with Crippen LogP contribution in [-0.4, -0.2) is 23.8 Å². The minimum absolute atomic E-state index is 0.157. The monoisotopic (exact) mass is 231 g/mol. The first-order chi connectivity index (χ1) is 7.97. The summed E-state index contributed by atoms with van der Waals surface area (Å²) in [4.78, 5) is 26.8. The molecule has 0 atom stereocenters. The van der Waals surface area contributed by atoms with Gasteiger partial charge in [-0.3, -0.25) is 4.79 Å². The molecular formula is C13H13NO3. The molecule has 0 aromatic carbocycles. The Morgan fingerprint density at radius 3 is 2.35 bits per heavy atom. The SMILES string of the molecule is C=C(C)C(=C)C(=O)c1ccc(C(=O)OC)nc1. The number of methoxy groups -OCH3 is 1. The number of pyridine rings is 1. The molecular weight excluding hydrogens is 218 g/mol. The van der Waals surface area contributed by atoms with Gasteiger partial charge in [0.15, 0.2) is 5.78 Å². The average molecular weight is 231 g/mol.